The first-order valence-electron chi connectivity index (χ1n) is 5.87. The van der Waals surface area contributed by atoms with E-state index in [1.807, 2.05) is 26.0 Å². The van der Waals surface area contributed by atoms with Crippen molar-refractivity contribution in [2.75, 3.05) is 6.61 Å². The van der Waals surface area contributed by atoms with E-state index in [9.17, 15) is 0 Å². The minimum atomic E-state index is -0.299. The quantitative estimate of drug-likeness (QED) is 0.556. The SMILES string of the molecule is CC(C)(C#N)CCCOc1cccc(Cl)c1CCl. The van der Waals surface area contributed by atoms with Gasteiger partial charge < -0.3 is 4.74 Å². The highest BCUT2D eigenvalue weighted by molar-refractivity contribution is 6.32. The number of nitriles is 1. The smallest absolute Gasteiger partial charge is 0.125 e. The molecule has 0 saturated carbocycles. The molecular formula is C14H17Cl2NO. The molecule has 1 rings (SSSR count). The maximum Gasteiger partial charge on any atom is 0.125 e. The standard InChI is InChI=1S/C14H17Cl2NO/c1-14(2,10-17)7-4-8-18-13-6-3-5-12(16)11(13)9-15/h3,5-6H,4,7-9H2,1-2H3. The van der Waals surface area contributed by atoms with E-state index < -0.39 is 0 Å². The van der Waals surface area contributed by atoms with E-state index in [-0.39, 0.29) is 5.41 Å². The van der Waals surface area contributed by atoms with Crippen molar-refractivity contribution in [1.82, 2.24) is 0 Å². The van der Waals surface area contributed by atoms with Gasteiger partial charge in [0.2, 0.25) is 0 Å². The summed E-state index contributed by atoms with van der Waals surface area (Å²) in [6.45, 7) is 4.42. The molecule has 0 aliphatic rings. The third-order valence-corrected chi connectivity index (χ3v) is 3.34. The fourth-order valence-electron chi connectivity index (χ4n) is 1.56. The van der Waals surface area contributed by atoms with Gasteiger partial charge in [0, 0.05) is 10.6 Å². The zero-order valence-electron chi connectivity index (χ0n) is 10.7. The van der Waals surface area contributed by atoms with Crippen LogP contribution < -0.4 is 4.74 Å². The van der Waals surface area contributed by atoms with Crippen molar-refractivity contribution >= 4 is 23.2 Å². The lowest BCUT2D eigenvalue weighted by Gasteiger charge is -2.15. The van der Waals surface area contributed by atoms with E-state index >= 15 is 0 Å². The Morgan fingerprint density at radius 3 is 2.72 bits per heavy atom. The average molecular weight is 286 g/mol. The van der Waals surface area contributed by atoms with Crippen molar-refractivity contribution in [3.63, 3.8) is 0 Å². The number of rotatable bonds is 6. The van der Waals surface area contributed by atoms with Crippen LogP contribution in [0.5, 0.6) is 5.75 Å². The van der Waals surface area contributed by atoms with Gasteiger partial charge in [0.05, 0.1) is 24.0 Å². The lowest BCUT2D eigenvalue weighted by Crippen LogP contribution is -2.10. The lowest BCUT2D eigenvalue weighted by molar-refractivity contribution is 0.282. The number of benzene rings is 1. The Morgan fingerprint density at radius 2 is 2.11 bits per heavy atom. The topological polar surface area (TPSA) is 33.0 Å². The fourth-order valence-corrected chi connectivity index (χ4v) is 2.13. The first-order valence-corrected chi connectivity index (χ1v) is 6.79. The molecule has 4 heteroatoms. The second-order valence-corrected chi connectivity index (χ2v) is 5.47. The summed E-state index contributed by atoms with van der Waals surface area (Å²) in [5.74, 6) is 1.06. The van der Waals surface area contributed by atoms with Crippen LogP contribution >= 0.6 is 23.2 Å². The highest BCUT2D eigenvalue weighted by atomic mass is 35.5. The predicted octanol–water partition coefficient (Wildman–Crippen LogP) is 4.79. The van der Waals surface area contributed by atoms with E-state index in [4.69, 9.17) is 33.2 Å². The molecule has 18 heavy (non-hydrogen) atoms. The predicted molar refractivity (Wildman–Crippen MR) is 75.1 cm³/mol. The molecule has 98 valence electrons. The molecule has 1 aromatic rings. The molecule has 0 heterocycles. The maximum absolute atomic E-state index is 8.90. The van der Waals surface area contributed by atoms with Crippen molar-refractivity contribution in [3.05, 3.63) is 28.8 Å². The van der Waals surface area contributed by atoms with E-state index in [0.29, 0.717) is 17.5 Å². The Labute approximate surface area is 118 Å². The summed E-state index contributed by atoms with van der Waals surface area (Å²) in [6.07, 6.45) is 1.63. The first-order chi connectivity index (χ1) is 8.50. The van der Waals surface area contributed by atoms with E-state index in [0.717, 1.165) is 24.2 Å². The molecule has 0 unspecified atom stereocenters. The Morgan fingerprint density at radius 1 is 1.39 bits per heavy atom. The van der Waals surface area contributed by atoms with Crippen LogP contribution in [0.15, 0.2) is 18.2 Å². The largest absolute Gasteiger partial charge is 0.493 e. The second-order valence-electron chi connectivity index (χ2n) is 4.80. The molecule has 0 N–H and O–H groups in total. The van der Waals surface area contributed by atoms with Gasteiger partial charge in [0.15, 0.2) is 0 Å². The van der Waals surface area contributed by atoms with Gasteiger partial charge in [-0.1, -0.05) is 17.7 Å². The van der Waals surface area contributed by atoms with Crippen LogP contribution in [0.4, 0.5) is 0 Å². The Balaban J connectivity index is 2.50. The third kappa shape index (κ3) is 4.40. The van der Waals surface area contributed by atoms with Crippen molar-refractivity contribution < 1.29 is 4.74 Å². The Hall–Kier alpha value is -0.910. The van der Waals surface area contributed by atoms with E-state index in [1.165, 1.54) is 0 Å². The molecule has 0 bridgehead atoms. The summed E-state index contributed by atoms with van der Waals surface area (Å²) in [6, 6.07) is 7.77. The van der Waals surface area contributed by atoms with Gasteiger partial charge in [-0.2, -0.15) is 5.26 Å². The van der Waals surface area contributed by atoms with Gasteiger partial charge >= 0.3 is 0 Å². The van der Waals surface area contributed by atoms with Crippen LogP contribution in [0.3, 0.4) is 0 Å². The van der Waals surface area contributed by atoms with Crippen molar-refractivity contribution in [3.8, 4) is 11.8 Å². The van der Waals surface area contributed by atoms with Gasteiger partial charge in [-0.15, -0.1) is 11.6 Å². The molecule has 0 radical (unpaired) electrons. The number of hydrogen-bond acceptors (Lipinski definition) is 2. The Kier molecular flexibility index (Phi) is 5.78. The van der Waals surface area contributed by atoms with Crippen molar-refractivity contribution in [2.45, 2.75) is 32.6 Å². The fraction of sp³-hybridized carbons (Fsp3) is 0.500. The zero-order chi connectivity index (χ0) is 13.6. The van der Waals surface area contributed by atoms with Crippen LogP contribution in [0.25, 0.3) is 0 Å². The van der Waals surface area contributed by atoms with Gasteiger partial charge in [-0.05, 0) is 38.8 Å². The molecule has 0 aliphatic carbocycles. The summed E-state index contributed by atoms with van der Waals surface area (Å²) < 4.78 is 5.67. The minimum absolute atomic E-state index is 0.299. The number of nitrogens with zero attached hydrogens (tertiary/aromatic N) is 1. The number of ether oxygens (including phenoxy) is 1. The van der Waals surface area contributed by atoms with Crippen LogP contribution in [0.2, 0.25) is 5.02 Å². The molecule has 2 nitrogen and oxygen atoms in total. The second kappa shape index (κ2) is 6.87. The van der Waals surface area contributed by atoms with Gasteiger partial charge in [0.1, 0.15) is 5.75 Å². The summed E-state index contributed by atoms with van der Waals surface area (Å²) in [5.41, 5.74) is 0.521. The van der Waals surface area contributed by atoms with Crippen LogP contribution in [-0.4, -0.2) is 6.61 Å². The zero-order valence-corrected chi connectivity index (χ0v) is 12.2. The van der Waals surface area contributed by atoms with Crippen molar-refractivity contribution in [1.29, 1.82) is 5.26 Å². The molecule has 0 atom stereocenters. The molecule has 0 fully saturated rings. The summed E-state index contributed by atoms with van der Waals surface area (Å²) in [7, 11) is 0. The maximum atomic E-state index is 8.90. The third-order valence-electron chi connectivity index (χ3n) is 2.72. The molecule has 0 amide bonds. The van der Waals surface area contributed by atoms with Crippen LogP contribution in [0.1, 0.15) is 32.3 Å². The monoisotopic (exact) mass is 285 g/mol. The lowest BCUT2D eigenvalue weighted by atomic mass is 9.90. The summed E-state index contributed by atoms with van der Waals surface area (Å²) in [5, 5.41) is 9.53. The normalized spacial score (nSPS) is 11.1. The van der Waals surface area contributed by atoms with Gasteiger partial charge in [-0.25, -0.2) is 0 Å². The van der Waals surface area contributed by atoms with Crippen molar-refractivity contribution in [2.24, 2.45) is 5.41 Å². The minimum Gasteiger partial charge on any atom is -0.493 e. The molecule has 0 aromatic heterocycles. The molecule has 0 aliphatic heterocycles. The highest BCUT2D eigenvalue weighted by Crippen LogP contribution is 2.28. The van der Waals surface area contributed by atoms with Crippen LogP contribution in [-0.2, 0) is 5.88 Å². The molecule has 0 spiro atoms. The van der Waals surface area contributed by atoms with Gasteiger partial charge in [0.25, 0.3) is 0 Å². The van der Waals surface area contributed by atoms with Crippen LogP contribution in [0, 0.1) is 16.7 Å². The highest BCUT2D eigenvalue weighted by Gasteiger charge is 2.16. The average Bonchev–Trinajstić information content (AvgIpc) is 2.35. The summed E-state index contributed by atoms with van der Waals surface area (Å²) >= 11 is 11.9. The molecular weight excluding hydrogens is 269 g/mol. The van der Waals surface area contributed by atoms with E-state index in [1.54, 1.807) is 6.07 Å². The Bertz CT molecular complexity index is 438. The molecule has 0 saturated heterocycles. The first kappa shape index (κ1) is 15.1. The van der Waals surface area contributed by atoms with Gasteiger partial charge in [-0.3, -0.25) is 0 Å². The number of hydrogen-bond donors (Lipinski definition) is 0. The number of halogens is 2. The van der Waals surface area contributed by atoms with E-state index in [2.05, 4.69) is 6.07 Å². The number of alkyl halides is 1. The summed E-state index contributed by atoms with van der Waals surface area (Å²) in [4.78, 5) is 0. The molecule has 1 aromatic carbocycles.